The number of likely N-dealkylation sites (N-methyl/N-ethyl adjacent to an activating group) is 1. The molecule has 0 spiro atoms. The Labute approximate surface area is 144 Å². The SMILES string of the molecule is CC(Cc1nc(C2CNCCN2C)no1)c1ccc(C(F)(F)F)cc1. The molecule has 1 aliphatic heterocycles. The summed E-state index contributed by atoms with van der Waals surface area (Å²) >= 11 is 0. The molecule has 3 rings (SSSR count). The van der Waals surface area contributed by atoms with E-state index >= 15 is 0 Å². The molecule has 2 aromatic rings. The minimum Gasteiger partial charge on any atom is -0.339 e. The maximum atomic E-state index is 12.6. The highest BCUT2D eigenvalue weighted by Gasteiger charge is 2.30. The third-order valence-corrected chi connectivity index (χ3v) is 4.58. The van der Waals surface area contributed by atoms with Gasteiger partial charge in [0.05, 0.1) is 11.6 Å². The van der Waals surface area contributed by atoms with Gasteiger partial charge in [-0.05, 0) is 30.7 Å². The number of hydrogen-bond donors (Lipinski definition) is 1. The third-order valence-electron chi connectivity index (χ3n) is 4.58. The van der Waals surface area contributed by atoms with E-state index in [0.29, 0.717) is 18.1 Å². The van der Waals surface area contributed by atoms with Crippen molar-refractivity contribution in [2.45, 2.75) is 31.5 Å². The Morgan fingerprint density at radius 1 is 1.32 bits per heavy atom. The zero-order valence-corrected chi connectivity index (χ0v) is 14.2. The first kappa shape index (κ1) is 17.9. The van der Waals surface area contributed by atoms with E-state index in [1.807, 2.05) is 14.0 Å². The number of piperazine rings is 1. The first-order valence-electron chi connectivity index (χ1n) is 8.25. The van der Waals surface area contributed by atoms with Crippen molar-refractivity contribution in [3.63, 3.8) is 0 Å². The number of aromatic nitrogens is 2. The molecule has 25 heavy (non-hydrogen) atoms. The van der Waals surface area contributed by atoms with Gasteiger partial charge in [-0.2, -0.15) is 18.2 Å². The van der Waals surface area contributed by atoms with Crippen molar-refractivity contribution in [2.75, 3.05) is 26.7 Å². The van der Waals surface area contributed by atoms with Crippen molar-refractivity contribution < 1.29 is 17.7 Å². The maximum Gasteiger partial charge on any atom is 0.416 e. The van der Waals surface area contributed by atoms with Gasteiger partial charge in [0.2, 0.25) is 5.89 Å². The number of rotatable bonds is 4. The Kier molecular flexibility index (Phi) is 5.10. The maximum absolute atomic E-state index is 12.6. The van der Waals surface area contributed by atoms with Crippen molar-refractivity contribution in [2.24, 2.45) is 0 Å². The summed E-state index contributed by atoms with van der Waals surface area (Å²) in [5.74, 6) is 1.13. The molecule has 0 saturated carbocycles. The molecular weight excluding hydrogens is 333 g/mol. The van der Waals surface area contributed by atoms with Crippen molar-refractivity contribution >= 4 is 0 Å². The molecule has 5 nitrogen and oxygen atoms in total. The highest BCUT2D eigenvalue weighted by molar-refractivity contribution is 5.27. The molecule has 1 saturated heterocycles. The van der Waals surface area contributed by atoms with Crippen LogP contribution >= 0.6 is 0 Å². The van der Waals surface area contributed by atoms with Crippen molar-refractivity contribution in [1.82, 2.24) is 20.4 Å². The summed E-state index contributed by atoms with van der Waals surface area (Å²) in [6, 6.07) is 5.29. The molecule has 136 valence electrons. The minimum atomic E-state index is -4.32. The van der Waals surface area contributed by atoms with E-state index in [-0.39, 0.29) is 12.0 Å². The van der Waals surface area contributed by atoms with Gasteiger partial charge < -0.3 is 9.84 Å². The molecule has 0 radical (unpaired) electrons. The van der Waals surface area contributed by atoms with Crippen LogP contribution in [-0.2, 0) is 12.6 Å². The lowest BCUT2D eigenvalue weighted by Crippen LogP contribution is -2.44. The van der Waals surface area contributed by atoms with E-state index in [1.165, 1.54) is 12.1 Å². The van der Waals surface area contributed by atoms with Crippen molar-refractivity contribution in [3.05, 3.63) is 47.1 Å². The van der Waals surface area contributed by atoms with Gasteiger partial charge in [-0.1, -0.05) is 24.2 Å². The summed E-state index contributed by atoms with van der Waals surface area (Å²) in [7, 11) is 2.02. The van der Waals surface area contributed by atoms with E-state index in [0.717, 1.165) is 37.3 Å². The Morgan fingerprint density at radius 3 is 2.68 bits per heavy atom. The Hall–Kier alpha value is -1.93. The molecule has 1 aromatic heterocycles. The molecule has 2 heterocycles. The van der Waals surface area contributed by atoms with Crippen LogP contribution in [0.3, 0.4) is 0 Å². The largest absolute Gasteiger partial charge is 0.416 e. The average molecular weight is 354 g/mol. The van der Waals surface area contributed by atoms with E-state index in [2.05, 4.69) is 20.4 Å². The summed E-state index contributed by atoms with van der Waals surface area (Å²) in [6.07, 6.45) is -3.83. The minimum absolute atomic E-state index is 0.0159. The number of benzene rings is 1. The van der Waals surface area contributed by atoms with E-state index in [9.17, 15) is 13.2 Å². The van der Waals surface area contributed by atoms with E-state index in [1.54, 1.807) is 0 Å². The first-order valence-corrected chi connectivity index (χ1v) is 8.25. The first-order chi connectivity index (χ1) is 11.8. The fourth-order valence-electron chi connectivity index (χ4n) is 2.96. The zero-order chi connectivity index (χ0) is 18.0. The Bertz CT molecular complexity index is 699. The molecular formula is C17H21F3N4O. The summed E-state index contributed by atoms with van der Waals surface area (Å²) in [6.45, 7) is 4.55. The second kappa shape index (κ2) is 7.13. The predicted octanol–water partition coefficient (Wildman–Crippen LogP) is 3.01. The topological polar surface area (TPSA) is 54.2 Å². The highest BCUT2D eigenvalue weighted by Crippen LogP contribution is 2.30. The molecule has 1 fully saturated rings. The lowest BCUT2D eigenvalue weighted by molar-refractivity contribution is -0.137. The van der Waals surface area contributed by atoms with Crippen molar-refractivity contribution in [3.8, 4) is 0 Å². The molecule has 0 aliphatic carbocycles. The molecule has 0 bridgehead atoms. The molecule has 2 atom stereocenters. The fourth-order valence-corrected chi connectivity index (χ4v) is 2.96. The van der Waals surface area contributed by atoms with Crippen molar-refractivity contribution in [1.29, 1.82) is 0 Å². The van der Waals surface area contributed by atoms with Crippen LogP contribution in [0, 0.1) is 0 Å². The molecule has 1 N–H and O–H groups in total. The second-order valence-electron chi connectivity index (χ2n) is 6.47. The van der Waals surface area contributed by atoms with Crippen LogP contribution in [-0.4, -0.2) is 41.7 Å². The normalized spacial score (nSPS) is 20.6. The van der Waals surface area contributed by atoms with Crippen LogP contribution in [0.4, 0.5) is 13.2 Å². The van der Waals surface area contributed by atoms with E-state index < -0.39 is 11.7 Å². The van der Waals surface area contributed by atoms with Crippen LogP contribution in [0.2, 0.25) is 0 Å². The van der Waals surface area contributed by atoms with Gasteiger partial charge in [0, 0.05) is 26.1 Å². The summed E-state index contributed by atoms with van der Waals surface area (Å²) in [5, 5.41) is 7.37. The molecule has 8 heteroatoms. The number of nitrogens with one attached hydrogen (secondary N) is 1. The van der Waals surface area contributed by atoms with E-state index in [4.69, 9.17) is 4.52 Å². The van der Waals surface area contributed by atoms with Crippen LogP contribution < -0.4 is 5.32 Å². The number of alkyl halides is 3. The number of nitrogens with zero attached hydrogens (tertiary/aromatic N) is 3. The highest BCUT2D eigenvalue weighted by atomic mass is 19.4. The third kappa shape index (κ3) is 4.19. The Morgan fingerprint density at radius 2 is 2.04 bits per heavy atom. The van der Waals surface area contributed by atoms with Crippen LogP contribution in [0.1, 0.15) is 41.7 Å². The fraction of sp³-hybridized carbons (Fsp3) is 0.529. The second-order valence-corrected chi connectivity index (χ2v) is 6.47. The monoisotopic (exact) mass is 354 g/mol. The van der Waals surface area contributed by atoms with Gasteiger partial charge in [0.25, 0.3) is 0 Å². The van der Waals surface area contributed by atoms with Gasteiger partial charge in [0.1, 0.15) is 0 Å². The van der Waals surface area contributed by atoms with Gasteiger partial charge in [-0.15, -0.1) is 0 Å². The van der Waals surface area contributed by atoms with Crippen LogP contribution in [0.5, 0.6) is 0 Å². The summed E-state index contributed by atoms with van der Waals surface area (Å²) in [4.78, 5) is 6.64. The van der Waals surface area contributed by atoms with Crippen LogP contribution in [0.15, 0.2) is 28.8 Å². The number of halogens is 3. The molecule has 1 aromatic carbocycles. The van der Waals surface area contributed by atoms with Gasteiger partial charge in [0.15, 0.2) is 5.82 Å². The summed E-state index contributed by atoms with van der Waals surface area (Å²) in [5.41, 5.74) is 0.167. The van der Waals surface area contributed by atoms with Crippen LogP contribution in [0.25, 0.3) is 0 Å². The lowest BCUT2D eigenvalue weighted by atomic mass is 9.96. The molecule has 2 unspecified atom stereocenters. The van der Waals surface area contributed by atoms with Gasteiger partial charge in [-0.3, -0.25) is 4.90 Å². The smallest absolute Gasteiger partial charge is 0.339 e. The van der Waals surface area contributed by atoms with Gasteiger partial charge in [-0.25, -0.2) is 0 Å². The molecule has 1 aliphatic rings. The van der Waals surface area contributed by atoms with Gasteiger partial charge >= 0.3 is 6.18 Å². The number of hydrogen-bond acceptors (Lipinski definition) is 5. The quantitative estimate of drug-likeness (QED) is 0.915. The molecule has 0 amide bonds. The standard InChI is InChI=1S/C17H21F3N4O/c1-11(12-3-5-13(6-4-12)17(18,19)20)9-15-22-16(23-25-15)14-10-21-7-8-24(14)2/h3-6,11,14,21H,7-10H2,1-2H3. The zero-order valence-electron chi connectivity index (χ0n) is 14.2. The lowest BCUT2D eigenvalue weighted by Gasteiger charge is -2.30. The average Bonchev–Trinajstić information content (AvgIpc) is 3.03. The predicted molar refractivity (Wildman–Crippen MR) is 86.1 cm³/mol. The Balaban J connectivity index is 1.66. The summed E-state index contributed by atoms with van der Waals surface area (Å²) < 4.78 is 43.2.